The summed E-state index contributed by atoms with van der Waals surface area (Å²) in [5, 5.41) is 0. The Kier molecular flexibility index (Phi) is 3.75. The summed E-state index contributed by atoms with van der Waals surface area (Å²) in [6.07, 6.45) is 3.95. The average Bonchev–Trinajstić information content (AvgIpc) is 2.26. The van der Waals surface area contributed by atoms with Gasteiger partial charge in [0, 0.05) is 0 Å². The third kappa shape index (κ3) is 1.82. The molecule has 1 rings (SSSR count). The standard InChI is InChI=1S/C13H18O/c1-5-10-8-9-13(14-4)12(7-3)11(10)6-2/h5,8-9H,1,6-7H2,2-4H3. The maximum atomic E-state index is 5.34. The van der Waals surface area contributed by atoms with Gasteiger partial charge in [0.25, 0.3) is 0 Å². The third-order valence-corrected chi connectivity index (χ3v) is 2.57. The highest BCUT2D eigenvalue weighted by Gasteiger charge is 2.08. The second kappa shape index (κ2) is 4.85. The van der Waals surface area contributed by atoms with E-state index in [0.717, 1.165) is 18.6 Å². The molecule has 0 heterocycles. The van der Waals surface area contributed by atoms with Crippen LogP contribution in [0.25, 0.3) is 6.08 Å². The lowest BCUT2D eigenvalue weighted by Crippen LogP contribution is -1.98. The summed E-state index contributed by atoms with van der Waals surface area (Å²) in [6.45, 7) is 8.15. The van der Waals surface area contributed by atoms with Crippen molar-refractivity contribution in [3.8, 4) is 5.75 Å². The van der Waals surface area contributed by atoms with Crippen LogP contribution >= 0.6 is 0 Å². The first-order valence-electron chi connectivity index (χ1n) is 5.09. The quantitative estimate of drug-likeness (QED) is 0.706. The molecule has 1 aromatic carbocycles. The molecule has 1 nitrogen and oxygen atoms in total. The number of hydrogen-bond acceptors (Lipinski definition) is 1. The molecule has 0 aromatic heterocycles. The Hall–Kier alpha value is -1.24. The van der Waals surface area contributed by atoms with Gasteiger partial charge in [-0.3, -0.25) is 0 Å². The summed E-state index contributed by atoms with van der Waals surface area (Å²) in [6, 6.07) is 4.10. The van der Waals surface area contributed by atoms with Gasteiger partial charge in [0.05, 0.1) is 7.11 Å². The van der Waals surface area contributed by atoms with Gasteiger partial charge in [-0.2, -0.15) is 0 Å². The Balaban J connectivity index is 3.35. The van der Waals surface area contributed by atoms with Crippen LogP contribution in [0.5, 0.6) is 5.75 Å². The van der Waals surface area contributed by atoms with Crippen LogP contribution in [0.15, 0.2) is 18.7 Å². The lowest BCUT2D eigenvalue weighted by atomic mass is 9.96. The fourth-order valence-electron chi connectivity index (χ4n) is 1.88. The Morgan fingerprint density at radius 3 is 2.29 bits per heavy atom. The molecule has 0 aliphatic heterocycles. The van der Waals surface area contributed by atoms with Crippen molar-refractivity contribution in [1.82, 2.24) is 0 Å². The molecular formula is C13H18O. The molecule has 0 fully saturated rings. The molecule has 0 aliphatic carbocycles. The molecule has 0 atom stereocenters. The van der Waals surface area contributed by atoms with E-state index in [0.29, 0.717) is 0 Å². The summed E-state index contributed by atoms with van der Waals surface area (Å²) in [5.41, 5.74) is 3.90. The fraction of sp³-hybridized carbons (Fsp3) is 0.385. The van der Waals surface area contributed by atoms with Crippen LogP contribution in [0, 0.1) is 0 Å². The Labute approximate surface area is 86.4 Å². The smallest absolute Gasteiger partial charge is 0.122 e. The Morgan fingerprint density at radius 2 is 1.86 bits per heavy atom. The largest absolute Gasteiger partial charge is 0.496 e. The number of rotatable bonds is 4. The van der Waals surface area contributed by atoms with Crippen LogP contribution in [-0.2, 0) is 12.8 Å². The molecule has 0 aliphatic rings. The van der Waals surface area contributed by atoms with Crippen LogP contribution in [0.4, 0.5) is 0 Å². The van der Waals surface area contributed by atoms with E-state index in [2.05, 4.69) is 26.5 Å². The van der Waals surface area contributed by atoms with E-state index >= 15 is 0 Å². The summed E-state index contributed by atoms with van der Waals surface area (Å²) >= 11 is 0. The van der Waals surface area contributed by atoms with Gasteiger partial charge in [-0.25, -0.2) is 0 Å². The zero-order valence-electron chi connectivity index (χ0n) is 9.26. The van der Waals surface area contributed by atoms with E-state index in [1.54, 1.807) is 7.11 Å². The molecule has 0 bridgehead atoms. The molecule has 0 saturated carbocycles. The van der Waals surface area contributed by atoms with Gasteiger partial charge in [0.2, 0.25) is 0 Å². The third-order valence-electron chi connectivity index (χ3n) is 2.57. The minimum Gasteiger partial charge on any atom is -0.496 e. The maximum absolute atomic E-state index is 5.34. The van der Waals surface area contributed by atoms with Crippen molar-refractivity contribution in [2.45, 2.75) is 26.7 Å². The topological polar surface area (TPSA) is 9.23 Å². The lowest BCUT2D eigenvalue weighted by molar-refractivity contribution is 0.409. The molecule has 1 heteroatoms. The molecule has 0 amide bonds. The van der Waals surface area contributed by atoms with Gasteiger partial charge < -0.3 is 4.74 Å². The van der Waals surface area contributed by atoms with Crippen LogP contribution in [-0.4, -0.2) is 7.11 Å². The van der Waals surface area contributed by atoms with Gasteiger partial charge in [0.1, 0.15) is 5.75 Å². The lowest BCUT2D eigenvalue weighted by Gasteiger charge is -2.14. The van der Waals surface area contributed by atoms with Crippen LogP contribution in [0.2, 0.25) is 0 Å². The summed E-state index contributed by atoms with van der Waals surface area (Å²) in [4.78, 5) is 0. The molecular weight excluding hydrogens is 172 g/mol. The van der Waals surface area contributed by atoms with Gasteiger partial charge >= 0.3 is 0 Å². The molecule has 0 radical (unpaired) electrons. The minimum absolute atomic E-state index is 0.995. The fourth-order valence-corrected chi connectivity index (χ4v) is 1.88. The Morgan fingerprint density at radius 1 is 1.21 bits per heavy atom. The van der Waals surface area contributed by atoms with Crippen LogP contribution < -0.4 is 4.74 Å². The zero-order chi connectivity index (χ0) is 10.6. The zero-order valence-corrected chi connectivity index (χ0v) is 9.26. The van der Waals surface area contributed by atoms with Crippen molar-refractivity contribution in [2.75, 3.05) is 7.11 Å². The highest BCUT2D eigenvalue weighted by molar-refractivity contribution is 5.58. The van der Waals surface area contributed by atoms with Gasteiger partial charge in [-0.1, -0.05) is 32.6 Å². The summed E-state index contributed by atoms with van der Waals surface area (Å²) < 4.78 is 5.34. The molecule has 0 unspecified atom stereocenters. The van der Waals surface area contributed by atoms with Crippen LogP contribution in [0.1, 0.15) is 30.5 Å². The average molecular weight is 190 g/mol. The van der Waals surface area contributed by atoms with Crippen molar-refractivity contribution >= 4 is 6.08 Å². The monoisotopic (exact) mass is 190 g/mol. The Bertz CT molecular complexity index is 326. The molecule has 0 N–H and O–H groups in total. The highest BCUT2D eigenvalue weighted by atomic mass is 16.5. The van der Waals surface area contributed by atoms with E-state index in [4.69, 9.17) is 4.74 Å². The van der Waals surface area contributed by atoms with Crippen molar-refractivity contribution in [1.29, 1.82) is 0 Å². The summed E-state index contributed by atoms with van der Waals surface area (Å²) in [5.74, 6) is 0.995. The number of hydrogen-bond donors (Lipinski definition) is 0. The van der Waals surface area contributed by atoms with E-state index in [1.165, 1.54) is 16.7 Å². The second-order valence-electron chi connectivity index (χ2n) is 3.23. The first-order chi connectivity index (χ1) is 6.78. The SMILES string of the molecule is C=Cc1ccc(OC)c(CC)c1CC. The van der Waals surface area contributed by atoms with Gasteiger partial charge in [-0.05, 0) is 35.6 Å². The van der Waals surface area contributed by atoms with Gasteiger partial charge in [0.15, 0.2) is 0 Å². The molecule has 76 valence electrons. The predicted octanol–water partition coefficient (Wildman–Crippen LogP) is 3.46. The molecule has 0 saturated heterocycles. The van der Waals surface area contributed by atoms with E-state index in [-0.39, 0.29) is 0 Å². The maximum Gasteiger partial charge on any atom is 0.122 e. The second-order valence-corrected chi connectivity index (χ2v) is 3.23. The van der Waals surface area contributed by atoms with Crippen molar-refractivity contribution < 1.29 is 4.74 Å². The molecule has 1 aromatic rings. The van der Waals surface area contributed by atoms with Crippen molar-refractivity contribution in [3.05, 3.63) is 35.4 Å². The van der Waals surface area contributed by atoms with Crippen LogP contribution in [0.3, 0.4) is 0 Å². The molecule has 14 heavy (non-hydrogen) atoms. The normalized spacial score (nSPS) is 9.93. The molecule has 0 spiro atoms. The van der Waals surface area contributed by atoms with Crippen molar-refractivity contribution in [2.24, 2.45) is 0 Å². The van der Waals surface area contributed by atoms with E-state index in [9.17, 15) is 0 Å². The first kappa shape index (κ1) is 10.8. The van der Waals surface area contributed by atoms with Crippen molar-refractivity contribution in [3.63, 3.8) is 0 Å². The highest BCUT2D eigenvalue weighted by Crippen LogP contribution is 2.27. The minimum atomic E-state index is 0.995. The first-order valence-corrected chi connectivity index (χ1v) is 5.09. The number of benzene rings is 1. The summed E-state index contributed by atoms with van der Waals surface area (Å²) in [7, 11) is 1.72. The number of ether oxygens (including phenoxy) is 1. The predicted molar refractivity (Wildman–Crippen MR) is 61.8 cm³/mol. The van der Waals surface area contributed by atoms with E-state index < -0.39 is 0 Å². The number of methoxy groups -OCH3 is 1. The van der Waals surface area contributed by atoms with E-state index in [1.807, 2.05) is 12.1 Å². The van der Waals surface area contributed by atoms with Gasteiger partial charge in [-0.15, -0.1) is 0 Å².